The molecule has 0 fully saturated rings. The van der Waals surface area contributed by atoms with Crippen molar-refractivity contribution in [2.75, 3.05) is 0 Å². The Labute approximate surface area is 305 Å². The van der Waals surface area contributed by atoms with E-state index in [1.807, 2.05) is 0 Å². The van der Waals surface area contributed by atoms with E-state index in [2.05, 4.69) is 172 Å². The molecule has 0 atom stereocenters. The molecule has 2 aromatic heterocycles. The molecule has 0 radical (unpaired) electrons. The maximum Gasteiger partial charge on any atom is 0.147 e. The van der Waals surface area contributed by atoms with E-state index in [1.165, 1.54) is 71.3 Å². The molecule has 53 heavy (non-hydrogen) atoms. The molecule has 9 aromatic carbocycles. The topological polar surface area (TPSA) is 26.3 Å². The Kier molecular flexibility index (Phi) is 5.60. The fourth-order valence-corrected chi connectivity index (χ4v) is 9.71. The van der Waals surface area contributed by atoms with Gasteiger partial charge in [-0.1, -0.05) is 147 Å². The quantitative estimate of drug-likeness (QED) is 0.170. The summed E-state index contributed by atoms with van der Waals surface area (Å²) < 4.78 is 13.7. The third-order valence-electron chi connectivity index (χ3n) is 12.0. The van der Waals surface area contributed by atoms with Crippen LogP contribution in [0.4, 0.5) is 0 Å². The third kappa shape index (κ3) is 3.77. The van der Waals surface area contributed by atoms with E-state index >= 15 is 0 Å². The Morgan fingerprint density at radius 2 is 1.00 bits per heavy atom. The number of hydrogen-bond acceptors (Lipinski definition) is 2. The van der Waals surface area contributed by atoms with Gasteiger partial charge in [-0.05, 0) is 101 Å². The molecule has 0 amide bonds. The highest BCUT2D eigenvalue weighted by Crippen LogP contribution is 2.53. The first kappa shape index (κ1) is 29.0. The molecule has 12 rings (SSSR count). The van der Waals surface area contributed by atoms with Crippen LogP contribution in [-0.4, -0.2) is 0 Å². The van der Waals surface area contributed by atoms with E-state index in [9.17, 15) is 0 Å². The largest absolute Gasteiger partial charge is 0.456 e. The Balaban J connectivity index is 1.22. The van der Waals surface area contributed by atoms with Crippen LogP contribution in [0.2, 0.25) is 0 Å². The minimum Gasteiger partial charge on any atom is -0.456 e. The molecule has 11 aromatic rings. The van der Waals surface area contributed by atoms with Gasteiger partial charge in [0.1, 0.15) is 22.3 Å². The van der Waals surface area contributed by atoms with Gasteiger partial charge in [-0.25, -0.2) is 0 Å². The zero-order valence-electron chi connectivity index (χ0n) is 29.3. The van der Waals surface area contributed by atoms with Gasteiger partial charge in [0.2, 0.25) is 0 Å². The summed E-state index contributed by atoms with van der Waals surface area (Å²) in [6, 6.07) is 57.4. The highest BCUT2D eigenvalue weighted by Gasteiger charge is 2.35. The lowest BCUT2D eigenvalue weighted by molar-refractivity contribution is 0.660. The van der Waals surface area contributed by atoms with E-state index in [-0.39, 0.29) is 5.41 Å². The van der Waals surface area contributed by atoms with Crippen LogP contribution in [0.1, 0.15) is 25.0 Å². The van der Waals surface area contributed by atoms with Crippen LogP contribution < -0.4 is 0 Å². The molecule has 0 aliphatic heterocycles. The number of benzene rings is 9. The number of furan rings is 2. The number of para-hydroxylation sites is 1. The minimum absolute atomic E-state index is 0.0429. The molecule has 1 aliphatic carbocycles. The van der Waals surface area contributed by atoms with Crippen molar-refractivity contribution in [2.45, 2.75) is 19.3 Å². The summed E-state index contributed by atoms with van der Waals surface area (Å²) >= 11 is 0. The predicted molar refractivity (Wildman–Crippen MR) is 222 cm³/mol. The second-order valence-corrected chi connectivity index (χ2v) is 15.1. The van der Waals surface area contributed by atoms with E-state index < -0.39 is 0 Å². The Morgan fingerprint density at radius 1 is 0.377 bits per heavy atom. The van der Waals surface area contributed by atoms with Crippen molar-refractivity contribution in [1.29, 1.82) is 0 Å². The second kappa shape index (κ2) is 10.2. The summed E-state index contributed by atoms with van der Waals surface area (Å²) in [6.07, 6.45) is 0. The summed E-state index contributed by atoms with van der Waals surface area (Å²) in [5.41, 5.74) is 13.6. The number of rotatable bonds is 2. The van der Waals surface area contributed by atoms with Crippen molar-refractivity contribution in [3.05, 3.63) is 169 Å². The van der Waals surface area contributed by atoms with E-state index in [1.54, 1.807) is 0 Å². The standard InChI is InChI=1S/C51H32O2/c1-51(2)40-21-11-9-15-32(40)38-27-30(23-25-41(38)51)45-33-16-5-7-18-35(33)46(36-19-8-6-17-34(36)45)39-28-44-49(50-47(39)37-20-10-12-22-42(37)53-50)48-31-14-4-3-13-29(31)24-26-43(48)52-44/h3-28H,1-2H3. The fraction of sp³-hybridized carbons (Fsp3) is 0.0588. The van der Waals surface area contributed by atoms with Gasteiger partial charge in [0.15, 0.2) is 0 Å². The lowest BCUT2D eigenvalue weighted by atomic mass is 9.81. The smallest absolute Gasteiger partial charge is 0.147 e. The predicted octanol–water partition coefficient (Wildman–Crippen LogP) is 14.6. The van der Waals surface area contributed by atoms with Gasteiger partial charge in [-0.2, -0.15) is 0 Å². The molecule has 2 nitrogen and oxygen atoms in total. The minimum atomic E-state index is -0.0429. The molecule has 248 valence electrons. The summed E-state index contributed by atoms with van der Waals surface area (Å²) in [6.45, 7) is 4.69. The maximum atomic E-state index is 6.89. The van der Waals surface area contributed by atoms with Crippen LogP contribution in [0.25, 0.3) is 110 Å². The van der Waals surface area contributed by atoms with E-state index in [4.69, 9.17) is 8.83 Å². The highest BCUT2D eigenvalue weighted by molar-refractivity contribution is 6.33. The SMILES string of the molecule is CC1(C)c2ccccc2-c2cc(-c3c4ccccc4c(-c4cc5oc6ccc7ccccc7c6c5c5oc6ccccc6c45)c4ccccc34)ccc21. The van der Waals surface area contributed by atoms with E-state index in [0.717, 1.165) is 49.4 Å². The molecule has 0 bridgehead atoms. The van der Waals surface area contributed by atoms with Crippen LogP contribution in [0.15, 0.2) is 167 Å². The van der Waals surface area contributed by atoms with E-state index in [0.29, 0.717) is 0 Å². The highest BCUT2D eigenvalue weighted by atomic mass is 16.3. The van der Waals surface area contributed by atoms with Gasteiger partial charge in [-0.15, -0.1) is 0 Å². The zero-order valence-corrected chi connectivity index (χ0v) is 29.3. The van der Waals surface area contributed by atoms with Crippen molar-refractivity contribution in [3.8, 4) is 33.4 Å². The molecular weight excluding hydrogens is 645 g/mol. The van der Waals surface area contributed by atoms with Gasteiger partial charge in [0.25, 0.3) is 0 Å². The van der Waals surface area contributed by atoms with Crippen molar-refractivity contribution in [1.82, 2.24) is 0 Å². The molecule has 1 aliphatic rings. The number of hydrogen-bond donors (Lipinski definition) is 0. The Hall–Kier alpha value is -6.64. The normalized spacial score (nSPS) is 13.6. The molecule has 0 spiro atoms. The molecule has 2 heteroatoms. The van der Waals surface area contributed by atoms with Gasteiger partial charge in [0.05, 0.1) is 5.39 Å². The zero-order chi connectivity index (χ0) is 35.0. The molecule has 0 saturated carbocycles. The van der Waals surface area contributed by atoms with Gasteiger partial charge in [0, 0.05) is 21.6 Å². The maximum absolute atomic E-state index is 6.89. The second-order valence-electron chi connectivity index (χ2n) is 15.1. The summed E-state index contributed by atoms with van der Waals surface area (Å²) in [4.78, 5) is 0. The molecular formula is C51H32O2. The first-order chi connectivity index (χ1) is 26.1. The average molecular weight is 677 g/mol. The summed E-state index contributed by atoms with van der Waals surface area (Å²) in [5.74, 6) is 0. The van der Waals surface area contributed by atoms with Crippen molar-refractivity contribution >= 4 is 76.2 Å². The molecule has 0 N–H and O–H groups in total. The van der Waals surface area contributed by atoms with Crippen LogP contribution in [0, 0.1) is 0 Å². The van der Waals surface area contributed by atoms with Crippen LogP contribution in [0.3, 0.4) is 0 Å². The van der Waals surface area contributed by atoms with Crippen LogP contribution in [0.5, 0.6) is 0 Å². The average Bonchev–Trinajstić information content (AvgIpc) is 3.85. The molecule has 2 heterocycles. The lowest BCUT2D eigenvalue weighted by Crippen LogP contribution is -2.14. The van der Waals surface area contributed by atoms with Crippen molar-refractivity contribution in [3.63, 3.8) is 0 Å². The van der Waals surface area contributed by atoms with Crippen molar-refractivity contribution < 1.29 is 8.83 Å². The first-order valence-corrected chi connectivity index (χ1v) is 18.4. The monoisotopic (exact) mass is 676 g/mol. The van der Waals surface area contributed by atoms with Gasteiger partial charge < -0.3 is 8.83 Å². The van der Waals surface area contributed by atoms with Crippen molar-refractivity contribution in [2.24, 2.45) is 0 Å². The molecule has 0 unspecified atom stereocenters. The first-order valence-electron chi connectivity index (χ1n) is 18.4. The molecule has 0 saturated heterocycles. The van der Waals surface area contributed by atoms with Gasteiger partial charge >= 0.3 is 0 Å². The summed E-state index contributed by atoms with van der Waals surface area (Å²) in [7, 11) is 0. The van der Waals surface area contributed by atoms with Gasteiger partial charge in [-0.3, -0.25) is 0 Å². The third-order valence-corrected chi connectivity index (χ3v) is 12.0. The Morgan fingerprint density at radius 3 is 1.77 bits per heavy atom. The summed E-state index contributed by atoms with van der Waals surface area (Å²) in [5, 5.41) is 11.5. The Bertz CT molecular complexity index is 3310. The number of fused-ring (bicyclic) bond motifs is 14. The van der Waals surface area contributed by atoms with Crippen LogP contribution in [-0.2, 0) is 5.41 Å². The fourth-order valence-electron chi connectivity index (χ4n) is 9.71. The van der Waals surface area contributed by atoms with Crippen LogP contribution >= 0.6 is 0 Å². The lowest BCUT2D eigenvalue weighted by Gasteiger charge is -2.22.